The molecule has 3 heteroatoms. The van der Waals surface area contributed by atoms with E-state index in [0.29, 0.717) is 0 Å². The Morgan fingerprint density at radius 3 is 2.17 bits per heavy atom. The fraction of sp³-hybridized carbons (Fsp3) is 0.667. The SMILES string of the molecule is C[B][B]C(C)=O. The third-order valence-electron chi connectivity index (χ3n) is 0.401. The first-order chi connectivity index (χ1) is 2.77. The van der Waals surface area contributed by atoms with E-state index in [1.165, 1.54) is 14.1 Å². The van der Waals surface area contributed by atoms with Crippen LogP contribution in [0.25, 0.3) is 0 Å². The molecule has 0 saturated heterocycles. The van der Waals surface area contributed by atoms with Crippen LogP contribution in [0.1, 0.15) is 6.92 Å². The summed E-state index contributed by atoms with van der Waals surface area (Å²) in [5.74, 6) is 0. The Kier molecular flexibility index (Phi) is 2.91. The van der Waals surface area contributed by atoms with E-state index in [2.05, 4.69) is 0 Å². The van der Waals surface area contributed by atoms with Gasteiger partial charge >= 0.3 is 0 Å². The number of hydrogen-bond donors (Lipinski definition) is 0. The minimum Gasteiger partial charge on any atom is -0.313 e. The lowest BCUT2D eigenvalue weighted by molar-refractivity contribution is -0.110. The third kappa shape index (κ3) is 3.80. The quantitative estimate of drug-likeness (QED) is 0.423. The average molecular weight is 79.7 g/mol. The molecular weight excluding hydrogens is 73.7 g/mol. The van der Waals surface area contributed by atoms with Gasteiger partial charge in [-0.15, -0.1) is 0 Å². The van der Waals surface area contributed by atoms with Gasteiger partial charge in [-0.3, -0.25) is 0 Å². The monoisotopic (exact) mass is 80.1 g/mol. The van der Waals surface area contributed by atoms with Gasteiger partial charge in [-0.25, -0.2) is 0 Å². The van der Waals surface area contributed by atoms with Crippen molar-refractivity contribution in [3.05, 3.63) is 0 Å². The zero-order valence-corrected chi connectivity index (χ0v) is 4.06. The molecule has 0 fully saturated rings. The molecule has 30 valence electrons. The Morgan fingerprint density at radius 1 is 1.67 bits per heavy atom. The first-order valence-corrected chi connectivity index (χ1v) is 1.90. The van der Waals surface area contributed by atoms with Crippen LogP contribution < -0.4 is 0 Å². The summed E-state index contributed by atoms with van der Waals surface area (Å²) in [4.78, 5) is 9.96. The lowest BCUT2D eigenvalue weighted by atomic mass is 9.39. The lowest BCUT2D eigenvalue weighted by Crippen LogP contribution is -2.08. The van der Waals surface area contributed by atoms with E-state index in [4.69, 9.17) is 0 Å². The van der Waals surface area contributed by atoms with Gasteiger partial charge in [0.25, 0.3) is 0 Å². The summed E-state index contributed by atoms with van der Waals surface area (Å²) >= 11 is 0. The highest BCUT2D eigenvalue weighted by Gasteiger charge is 1.88. The summed E-state index contributed by atoms with van der Waals surface area (Å²) in [6.45, 7) is 3.35. The van der Waals surface area contributed by atoms with Crippen molar-refractivity contribution in [2.45, 2.75) is 13.7 Å². The minimum absolute atomic E-state index is 0.109. The van der Waals surface area contributed by atoms with Crippen molar-refractivity contribution in [3.63, 3.8) is 0 Å². The summed E-state index contributed by atoms with van der Waals surface area (Å²) in [7, 11) is 3.25. The highest BCUT2D eigenvalue weighted by molar-refractivity contribution is 7.15. The molecule has 0 atom stereocenters. The molecule has 0 amide bonds. The zero-order valence-electron chi connectivity index (χ0n) is 4.06. The molecule has 0 aromatic rings. The normalized spacial score (nSPS) is 7.00. The smallest absolute Gasteiger partial charge is 0.155 e. The van der Waals surface area contributed by atoms with Crippen LogP contribution >= 0.6 is 0 Å². The van der Waals surface area contributed by atoms with Gasteiger partial charge in [0, 0.05) is 0 Å². The number of carbonyl (C=O) groups is 1. The molecule has 0 heterocycles. The van der Waals surface area contributed by atoms with Crippen molar-refractivity contribution >= 4 is 20.0 Å². The fourth-order valence-electron chi connectivity index (χ4n) is 0.235. The van der Waals surface area contributed by atoms with Crippen LogP contribution in [0.2, 0.25) is 6.82 Å². The van der Waals surface area contributed by atoms with Crippen LogP contribution in [0.15, 0.2) is 0 Å². The summed E-state index contributed by atoms with van der Waals surface area (Å²) in [6.07, 6.45) is 0. The largest absolute Gasteiger partial charge is 0.313 e. The van der Waals surface area contributed by atoms with E-state index in [0.717, 1.165) is 0 Å². The Hall–Kier alpha value is -0.200. The van der Waals surface area contributed by atoms with Gasteiger partial charge in [0.1, 0.15) is 0 Å². The molecule has 0 aliphatic rings. The van der Waals surface area contributed by atoms with E-state index < -0.39 is 0 Å². The highest BCUT2D eigenvalue weighted by Crippen LogP contribution is 1.58. The molecule has 0 saturated carbocycles. The van der Waals surface area contributed by atoms with Crippen LogP contribution in [0.4, 0.5) is 0 Å². The number of hydrogen-bond acceptors (Lipinski definition) is 1. The van der Waals surface area contributed by atoms with E-state index in [1.807, 2.05) is 6.82 Å². The number of rotatable bonds is 2. The van der Waals surface area contributed by atoms with Crippen LogP contribution in [0.3, 0.4) is 0 Å². The Bertz CT molecular complexity index is 52.8. The van der Waals surface area contributed by atoms with Crippen LogP contribution in [0.5, 0.6) is 0 Å². The summed E-state index contributed by atoms with van der Waals surface area (Å²) < 4.78 is 0. The van der Waals surface area contributed by atoms with E-state index >= 15 is 0 Å². The van der Waals surface area contributed by atoms with Gasteiger partial charge < -0.3 is 4.79 Å². The second-order valence-electron chi connectivity index (χ2n) is 1.11. The molecule has 6 heavy (non-hydrogen) atoms. The topological polar surface area (TPSA) is 17.1 Å². The van der Waals surface area contributed by atoms with Gasteiger partial charge in [0.2, 0.25) is 0 Å². The van der Waals surface area contributed by atoms with Crippen LogP contribution in [0, 0.1) is 0 Å². The van der Waals surface area contributed by atoms with Gasteiger partial charge in [0.05, 0.1) is 12.9 Å². The molecule has 0 unspecified atom stereocenters. The minimum atomic E-state index is 0.109. The standard InChI is InChI=1S/C3H6B2O/c1-3(6)5-4-2/h1-2H3. The van der Waals surface area contributed by atoms with Crippen molar-refractivity contribution in [1.82, 2.24) is 0 Å². The van der Waals surface area contributed by atoms with Gasteiger partial charge in [-0.1, -0.05) is 6.82 Å². The molecule has 1 nitrogen and oxygen atoms in total. The molecule has 0 aromatic heterocycles. The van der Waals surface area contributed by atoms with Crippen molar-refractivity contribution in [2.75, 3.05) is 0 Å². The molecule has 2 radical (unpaired) electrons. The lowest BCUT2D eigenvalue weighted by Gasteiger charge is -1.76. The summed E-state index contributed by atoms with van der Waals surface area (Å²) in [6, 6.07) is 0. The predicted octanol–water partition coefficient (Wildman–Crippen LogP) is -0.0956. The summed E-state index contributed by atoms with van der Waals surface area (Å²) in [5, 5.41) is 0. The van der Waals surface area contributed by atoms with Gasteiger partial charge in [-0.05, 0) is 6.92 Å². The van der Waals surface area contributed by atoms with Gasteiger partial charge in [-0.2, -0.15) is 0 Å². The second-order valence-corrected chi connectivity index (χ2v) is 1.11. The molecule has 0 aromatic carbocycles. The first kappa shape index (κ1) is 5.80. The van der Waals surface area contributed by atoms with E-state index in [1.54, 1.807) is 7.17 Å². The molecule has 0 bridgehead atoms. The molecule has 0 spiro atoms. The fourth-order valence-corrected chi connectivity index (χ4v) is 0.235. The Labute approximate surface area is 39.6 Å². The van der Waals surface area contributed by atoms with Crippen molar-refractivity contribution < 1.29 is 4.79 Å². The average Bonchev–Trinajstić information content (AvgIpc) is 1.35. The molecule has 0 rings (SSSR count). The maximum absolute atomic E-state index is 9.96. The Morgan fingerprint density at radius 2 is 2.17 bits per heavy atom. The summed E-state index contributed by atoms with van der Waals surface area (Å²) in [5.41, 5.74) is 0.109. The van der Waals surface area contributed by atoms with Crippen molar-refractivity contribution in [3.8, 4) is 0 Å². The van der Waals surface area contributed by atoms with Gasteiger partial charge in [0.15, 0.2) is 7.17 Å². The maximum atomic E-state index is 9.96. The zero-order chi connectivity index (χ0) is 4.99. The van der Waals surface area contributed by atoms with E-state index in [9.17, 15) is 4.79 Å². The third-order valence-corrected chi connectivity index (χ3v) is 0.401. The van der Waals surface area contributed by atoms with E-state index in [-0.39, 0.29) is 5.68 Å². The number of carbonyl (C=O) groups excluding carboxylic acids is 1. The maximum Gasteiger partial charge on any atom is 0.155 e. The highest BCUT2D eigenvalue weighted by atomic mass is 16.1. The van der Waals surface area contributed by atoms with Crippen molar-refractivity contribution in [1.29, 1.82) is 0 Å². The molecule has 0 N–H and O–H groups in total. The van der Waals surface area contributed by atoms with Crippen LogP contribution in [-0.4, -0.2) is 20.0 Å². The van der Waals surface area contributed by atoms with Crippen LogP contribution in [-0.2, 0) is 4.79 Å². The first-order valence-electron chi connectivity index (χ1n) is 1.90. The second kappa shape index (κ2) is 3.01. The Balaban J connectivity index is 2.83. The molecule has 0 aliphatic carbocycles. The molecule has 0 aliphatic heterocycles. The van der Waals surface area contributed by atoms with Crippen molar-refractivity contribution in [2.24, 2.45) is 0 Å². The molecular formula is C3H6B2O. The predicted molar refractivity (Wildman–Crippen MR) is 28.1 cm³/mol.